The first kappa shape index (κ1) is 38.9. The highest BCUT2D eigenvalue weighted by atomic mass is 16.5. The van der Waals surface area contributed by atoms with Gasteiger partial charge in [0.05, 0.1) is 11.1 Å². The first-order chi connectivity index (χ1) is 34.7. The van der Waals surface area contributed by atoms with Crippen molar-refractivity contribution in [3.8, 4) is 78.3 Å². The van der Waals surface area contributed by atoms with Crippen LogP contribution in [0, 0.1) is 0 Å². The number of furan rings is 1. The van der Waals surface area contributed by atoms with E-state index in [1.807, 2.05) is 0 Å². The number of nitrogens with zero attached hydrogens (tertiary/aromatic N) is 1. The van der Waals surface area contributed by atoms with Crippen LogP contribution < -0.4 is 9.64 Å². The number of anilines is 3. The average molecular weight is 892 g/mol. The third-order valence-corrected chi connectivity index (χ3v) is 15.1. The normalized spacial score (nSPS) is 14.5. The van der Waals surface area contributed by atoms with E-state index in [-0.39, 0.29) is 0 Å². The van der Waals surface area contributed by atoms with Crippen molar-refractivity contribution in [1.29, 1.82) is 0 Å². The molecule has 1 unspecified atom stereocenters. The molecular formula is C67H41NO2. The Morgan fingerprint density at radius 3 is 1.57 bits per heavy atom. The number of rotatable bonds is 4. The van der Waals surface area contributed by atoms with Crippen molar-refractivity contribution < 1.29 is 9.15 Å². The van der Waals surface area contributed by atoms with Gasteiger partial charge in [-0.25, -0.2) is 0 Å². The lowest BCUT2D eigenvalue weighted by Crippen LogP contribution is -2.29. The van der Waals surface area contributed by atoms with Gasteiger partial charge in [-0.15, -0.1) is 0 Å². The van der Waals surface area contributed by atoms with Crippen LogP contribution in [0.4, 0.5) is 17.1 Å². The number of hydrogen-bond acceptors (Lipinski definition) is 3. The average Bonchev–Trinajstić information content (AvgIpc) is 3.84. The Labute approximate surface area is 405 Å². The van der Waals surface area contributed by atoms with E-state index >= 15 is 0 Å². The maximum absolute atomic E-state index is 7.26. The van der Waals surface area contributed by atoms with Crippen molar-refractivity contribution in [1.82, 2.24) is 0 Å². The van der Waals surface area contributed by atoms with E-state index in [9.17, 15) is 0 Å². The zero-order valence-electron chi connectivity index (χ0n) is 37.9. The van der Waals surface area contributed by atoms with Crippen molar-refractivity contribution >= 4 is 39.0 Å². The summed E-state index contributed by atoms with van der Waals surface area (Å²) in [7, 11) is 0. The lowest BCUT2D eigenvalue weighted by Gasteiger charge is -2.36. The smallest absolute Gasteiger partial charge is 0.159 e. The van der Waals surface area contributed by atoms with Gasteiger partial charge in [0.2, 0.25) is 0 Å². The van der Waals surface area contributed by atoms with Gasteiger partial charge in [-0.2, -0.15) is 0 Å². The van der Waals surface area contributed by atoms with Gasteiger partial charge in [-0.1, -0.05) is 194 Å². The zero-order valence-corrected chi connectivity index (χ0v) is 37.9. The molecule has 0 amide bonds. The molecule has 326 valence electrons. The van der Waals surface area contributed by atoms with Crippen molar-refractivity contribution in [2.75, 3.05) is 4.90 Å². The second-order valence-corrected chi connectivity index (χ2v) is 18.7. The largest absolute Gasteiger partial charge is 0.456 e. The van der Waals surface area contributed by atoms with Crippen molar-refractivity contribution in [2.45, 2.75) is 5.41 Å². The van der Waals surface area contributed by atoms with Crippen LogP contribution in [0.2, 0.25) is 0 Å². The first-order valence-electron chi connectivity index (χ1n) is 24.1. The molecular weight excluding hydrogens is 851 g/mol. The van der Waals surface area contributed by atoms with Crippen molar-refractivity contribution in [3.05, 3.63) is 271 Å². The van der Waals surface area contributed by atoms with E-state index in [1.54, 1.807) is 0 Å². The zero-order chi connectivity index (χ0) is 45.9. The second-order valence-electron chi connectivity index (χ2n) is 18.7. The quantitative estimate of drug-likeness (QED) is 0.176. The summed E-state index contributed by atoms with van der Waals surface area (Å²) in [5, 5.41) is 2.25. The molecule has 0 bridgehead atoms. The topological polar surface area (TPSA) is 25.6 Å². The van der Waals surface area contributed by atoms with E-state index in [0.717, 1.165) is 78.3 Å². The lowest BCUT2D eigenvalue weighted by atomic mass is 9.65. The Kier molecular flexibility index (Phi) is 8.28. The molecule has 1 atom stereocenters. The van der Waals surface area contributed by atoms with Crippen LogP contribution in [0.15, 0.2) is 253 Å². The van der Waals surface area contributed by atoms with Gasteiger partial charge in [-0.3, -0.25) is 0 Å². The van der Waals surface area contributed by atoms with Crippen LogP contribution in [-0.2, 0) is 5.41 Å². The van der Waals surface area contributed by atoms with Crippen molar-refractivity contribution in [2.24, 2.45) is 0 Å². The molecule has 0 saturated heterocycles. The highest BCUT2D eigenvalue weighted by Crippen LogP contribution is 2.63. The summed E-state index contributed by atoms with van der Waals surface area (Å²) in [6.07, 6.45) is 0. The first-order valence-corrected chi connectivity index (χ1v) is 24.1. The molecule has 0 N–H and O–H groups in total. The minimum Gasteiger partial charge on any atom is -0.456 e. The summed E-state index contributed by atoms with van der Waals surface area (Å²) >= 11 is 0. The van der Waals surface area contributed by atoms with Gasteiger partial charge in [-0.05, 0) is 132 Å². The van der Waals surface area contributed by atoms with Crippen LogP contribution >= 0.6 is 0 Å². The third kappa shape index (κ3) is 5.46. The van der Waals surface area contributed by atoms with Crippen molar-refractivity contribution in [3.63, 3.8) is 0 Å². The van der Waals surface area contributed by atoms with Gasteiger partial charge < -0.3 is 14.1 Å². The molecule has 0 radical (unpaired) electrons. The van der Waals surface area contributed by atoms with E-state index in [1.165, 1.54) is 61.2 Å². The number of fused-ring (bicyclic) bond motifs is 20. The Balaban J connectivity index is 1.05. The SMILES string of the molecule is c1ccc(-c2ccc(N(c3ccc4c(c3)C3(c5ccccc5-c5ccccc5-4)c4ccccc4-c4cc5c(cc43)oc3ccccc35)c3cccc4c3Oc3ccccc3-c3ccccc3-4)cc2)cc1. The third-order valence-electron chi connectivity index (χ3n) is 15.1. The van der Waals surface area contributed by atoms with Crippen LogP contribution in [0.1, 0.15) is 22.3 Å². The van der Waals surface area contributed by atoms with Crippen LogP contribution in [0.3, 0.4) is 0 Å². The lowest BCUT2D eigenvalue weighted by molar-refractivity contribution is 0.489. The summed E-state index contributed by atoms with van der Waals surface area (Å²) in [6, 6.07) is 90.7. The fourth-order valence-corrected chi connectivity index (χ4v) is 12.2. The van der Waals surface area contributed by atoms with Gasteiger partial charge in [0.15, 0.2) is 5.75 Å². The molecule has 0 saturated carbocycles. The highest BCUT2D eigenvalue weighted by Gasteiger charge is 2.50. The number of ether oxygens (including phenoxy) is 1. The highest BCUT2D eigenvalue weighted by molar-refractivity contribution is 6.09. The standard InChI is InChI=1S/C67H41NO2/c1-2-17-42(18-3-1)43-33-35-44(36-34-43)68(62-30-16-27-55-49-22-7-6-21-48(49)53-25-10-15-32-64(53)70-66(55)62)45-37-38-52-47-20-5-4-19-46(47)50-23-8-12-28-58(50)67(60(52)39-45)59-29-13-9-24-51(59)56-40-57-54-26-11-14-31-63(54)69-65(57)41-61(56)67/h1-41H. The van der Waals surface area contributed by atoms with Gasteiger partial charge in [0.25, 0.3) is 0 Å². The summed E-state index contributed by atoms with van der Waals surface area (Å²) in [6.45, 7) is 0. The fraction of sp³-hybridized carbons (Fsp3) is 0.0149. The molecule has 3 aliphatic rings. The monoisotopic (exact) mass is 891 g/mol. The molecule has 3 nitrogen and oxygen atoms in total. The summed E-state index contributed by atoms with van der Waals surface area (Å²) < 4.78 is 14.0. The second kappa shape index (κ2) is 14.9. The fourth-order valence-electron chi connectivity index (χ4n) is 12.2. The predicted molar refractivity (Wildman–Crippen MR) is 287 cm³/mol. The summed E-state index contributed by atoms with van der Waals surface area (Å²) in [5.74, 6) is 1.63. The number of hydrogen-bond donors (Lipinski definition) is 0. The Morgan fingerprint density at radius 2 is 0.829 bits per heavy atom. The maximum Gasteiger partial charge on any atom is 0.159 e. The molecule has 15 rings (SSSR count). The van der Waals surface area contributed by atoms with E-state index < -0.39 is 5.41 Å². The minimum atomic E-state index is -0.745. The van der Waals surface area contributed by atoms with E-state index in [4.69, 9.17) is 9.15 Å². The molecule has 11 aromatic carbocycles. The van der Waals surface area contributed by atoms with E-state index in [0.29, 0.717) is 0 Å². The molecule has 70 heavy (non-hydrogen) atoms. The minimum absolute atomic E-state index is 0.745. The van der Waals surface area contributed by atoms with Gasteiger partial charge in [0, 0.05) is 33.3 Å². The van der Waals surface area contributed by atoms with Crippen LogP contribution in [-0.4, -0.2) is 0 Å². The number of para-hydroxylation sites is 3. The molecule has 1 aliphatic heterocycles. The number of benzene rings is 11. The summed E-state index contributed by atoms with van der Waals surface area (Å²) in [4.78, 5) is 2.41. The molecule has 0 fully saturated rings. The molecule has 2 heterocycles. The van der Waals surface area contributed by atoms with Gasteiger partial charge in [0.1, 0.15) is 16.9 Å². The van der Waals surface area contributed by atoms with Crippen LogP contribution in [0.5, 0.6) is 11.5 Å². The summed E-state index contributed by atoms with van der Waals surface area (Å²) in [5.41, 5.74) is 22.9. The predicted octanol–water partition coefficient (Wildman–Crippen LogP) is 18.2. The molecule has 3 heteroatoms. The molecule has 1 aromatic heterocycles. The molecule has 2 aliphatic carbocycles. The molecule has 1 spiro atoms. The van der Waals surface area contributed by atoms with Gasteiger partial charge >= 0.3 is 0 Å². The Hall–Kier alpha value is -9.18. The van der Waals surface area contributed by atoms with E-state index in [2.05, 4.69) is 254 Å². The Bertz CT molecular complexity index is 4110. The Morgan fingerprint density at radius 1 is 0.300 bits per heavy atom. The van der Waals surface area contributed by atoms with Crippen LogP contribution in [0.25, 0.3) is 88.7 Å². The molecule has 12 aromatic rings. The maximum atomic E-state index is 7.26.